The van der Waals surface area contributed by atoms with Crippen molar-refractivity contribution in [3.05, 3.63) is 120 Å². The van der Waals surface area contributed by atoms with Gasteiger partial charge in [-0.2, -0.15) is 0 Å². The largest absolute Gasteiger partial charge is 0.491 e. The van der Waals surface area contributed by atoms with Crippen molar-refractivity contribution in [3.63, 3.8) is 0 Å². The molecule has 11 heteroatoms. The Bertz CT molecular complexity index is 2300. The van der Waals surface area contributed by atoms with Crippen LogP contribution in [0.3, 0.4) is 0 Å². The van der Waals surface area contributed by atoms with Crippen LogP contribution in [-0.4, -0.2) is 155 Å². The van der Waals surface area contributed by atoms with Gasteiger partial charge < -0.3 is 38.5 Å². The zero-order chi connectivity index (χ0) is 63.3. The van der Waals surface area contributed by atoms with E-state index in [1.165, 1.54) is 60.5 Å². The maximum atomic E-state index is 11.7. The van der Waals surface area contributed by atoms with Gasteiger partial charge in [0, 0.05) is 137 Å². The summed E-state index contributed by atoms with van der Waals surface area (Å²) < 4.78 is 22.2. The van der Waals surface area contributed by atoms with Crippen LogP contribution in [0, 0.1) is 0 Å². The minimum atomic E-state index is 0.186. The SMILES string of the molecule is CC.CC.CC.CC.CC.CC(C)N1CC(CCN2CCCC2=O)c2ccccc21.CC(C)N1CC2(CCOCC2)c2ccccc21.CC(C)N1CCOC(COc2ccccc2)C1.CC(C)N1CCOCC1.CC(C)N1CCc2ccccc21. The van der Waals surface area contributed by atoms with Crippen LogP contribution in [-0.2, 0) is 30.8 Å². The highest BCUT2D eigenvalue weighted by molar-refractivity contribution is 5.78. The number of likely N-dealkylation sites (tertiary alicyclic amines) is 1. The summed E-state index contributed by atoms with van der Waals surface area (Å²) in [7, 11) is 0. The van der Waals surface area contributed by atoms with E-state index in [9.17, 15) is 4.79 Å². The van der Waals surface area contributed by atoms with Gasteiger partial charge in [0.15, 0.2) is 0 Å². The predicted molar refractivity (Wildman–Crippen MR) is 368 cm³/mol. The van der Waals surface area contributed by atoms with E-state index in [1.54, 1.807) is 5.56 Å². The molecule has 0 aromatic heterocycles. The first-order valence-corrected chi connectivity index (χ1v) is 34.0. The first kappa shape index (κ1) is 76.4. The molecule has 4 aromatic carbocycles. The highest BCUT2D eigenvalue weighted by atomic mass is 16.5. The summed E-state index contributed by atoms with van der Waals surface area (Å²) in [4.78, 5) is 26.1. The van der Waals surface area contributed by atoms with Crippen molar-refractivity contribution >= 4 is 23.0 Å². The van der Waals surface area contributed by atoms with Crippen LogP contribution in [0.5, 0.6) is 5.75 Å². The number of anilines is 3. The molecular weight excluding hydrogens is 1050 g/mol. The summed E-state index contributed by atoms with van der Waals surface area (Å²) in [5.41, 5.74) is 9.16. The highest BCUT2D eigenvalue weighted by Gasteiger charge is 2.44. The molecule has 1 spiro atoms. The number of carbonyl (C=O) groups is 1. The molecule has 1 amide bonds. The van der Waals surface area contributed by atoms with Crippen molar-refractivity contribution < 1.29 is 23.7 Å². The summed E-state index contributed by atoms with van der Waals surface area (Å²) >= 11 is 0. The second-order valence-corrected chi connectivity index (χ2v) is 23.0. The van der Waals surface area contributed by atoms with Crippen LogP contribution in [0.4, 0.5) is 17.1 Å². The molecule has 11 nitrogen and oxygen atoms in total. The summed E-state index contributed by atoms with van der Waals surface area (Å²) in [5, 5.41) is 0. The van der Waals surface area contributed by atoms with Gasteiger partial charge in [-0.3, -0.25) is 14.6 Å². The molecule has 0 bridgehead atoms. The van der Waals surface area contributed by atoms with E-state index in [0.29, 0.717) is 54.1 Å². The molecule has 85 heavy (non-hydrogen) atoms. The lowest BCUT2D eigenvalue weighted by atomic mass is 9.76. The van der Waals surface area contributed by atoms with E-state index in [0.717, 1.165) is 104 Å². The lowest BCUT2D eigenvalue weighted by Gasteiger charge is -2.35. The molecular formula is C74H126N6O5. The van der Waals surface area contributed by atoms with Crippen molar-refractivity contribution in [2.45, 2.75) is 225 Å². The molecule has 482 valence electrons. The van der Waals surface area contributed by atoms with Crippen molar-refractivity contribution in [2.75, 3.05) is 113 Å². The lowest BCUT2D eigenvalue weighted by Crippen LogP contribution is -2.47. The first-order valence-electron chi connectivity index (χ1n) is 34.0. The van der Waals surface area contributed by atoms with Crippen molar-refractivity contribution in [2.24, 2.45) is 0 Å². The quantitative estimate of drug-likeness (QED) is 0.145. The third-order valence-electron chi connectivity index (χ3n) is 16.4. The Morgan fingerprint density at radius 3 is 1.60 bits per heavy atom. The molecule has 2 unspecified atom stereocenters. The molecule has 0 saturated carbocycles. The van der Waals surface area contributed by atoms with E-state index in [2.05, 4.69) is 167 Å². The van der Waals surface area contributed by atoms with E-state index in [-0.39, 0.29) is 6.10 Å². The fraction of sp³-hybridized carbons (Fsp3) is 0.662. The first-order chi connectivity index (χ1) is 41.2. The monoisotopic (exact) mass is 1180 g/mol. The number of rotatable bonds is 11. The molecule has 4 saturated heterocycles. The minimum absolute atomic E-state index is 0.186. The van der Waals surface area contributed by atoms with Crippen LogP contribution in [0.25, 0.3) is 0 Å². The van der Waals surface area contributed by atoms with Crippen molar-refractivity contribution in [1.29, 1.82) is 0 Å². The fourth-order valence-corrected chi connectivity index (χ4v) is 11.8. The molecule has 11 rings (SSSR count). The smallest absolute Gasteiger partial charge is 0.222 e. The normalized spacial score (nSPS) is 18.9. The molecule has 0 aliphatic carbocycles. The highest BCUT2D eigenvalue weighted by Crippen LogP contribution is 2.47. The summed E-state index contributed by atoms with van der Waals surface area (Å²) in [6, 6.07) is 39.3. The Morgan fingerprint density at radius 2 is 1.04 bits per heavy atom. The second kappa shape index (κ2) is 43.1. The Labute approximate surface area is 522 Å². The van der Waals surface area contributed by atoms with Gasteiger partial charge in [0.05, 0.1) is 19.8 Å². The van der Waals surface area contributed by atoms with Crippen molar-refractivity contribution in [3.8, 4) is 5.75 Å². The maximum absolute atomic E-state index is 11.7. The summed E-state index contributed by atoms with van der Waals surface area (Å²) in [5.74, 6) is 1.83. The zero-order valence-corrected chi connectivity index (χ0v) is 57.9. The Morgan fingerprint density at radius 1 is 0.506 bits per heavy atom. The topological polar surface area (TPSA) is 73.4 Å². The van der Waals surface area contributed by atoms with E-state index < -0.39 is 0 Å². The summed E-state index contributed by atoms with van der Waals surface area (Å²) in [6.07, 6.45) is 6.63. The number of carbonyl (C=O) groups excluding carboxylic acids is 1. The molecule has 2 atom stereocenters. The Balaban J connectivity index is 0.000000355. The number of hydrogen-bond acceptors (Lipinski definition) is 10. The van der Waals surface area contributed by atoms with Crippen LogP contribution >= 0.6 is 0 Å². The maximum Gasteiger partial charge on any atom is 0.222 e. The van der Waals surface area contributed by atoms with Crippen LogP contribution in [0.2, 0.25) is 0 Å². The number of para-hydroxylation sites is 4. The predicted octanol–water partition coefficient (Wildman–Crippen LogP) is 16.5. The minimum Gasteiger partial charge on any atom is -0.491 e. The third kappa shape index (κ3) is 24.1. The zero-order valence-electron chi connectivity index (χ0n) is 57.9. The number of hydrogen-bond donors (Lipinski definition) is 0. The average Bonchev–Trinajstić information content (AvgIpc) is 4.24. The van der Waals surface area contributed by atoms with Gasteiger partial charge in [0.1, 0.15) is 18.5 Å². The number of morpholine rings is 2. The van der Waals surface area contributed by atoms with Crippen LogP contribution < -0.4 is 19.4 Å². The number of fused-ring (bicyclic) bond motifs is 4. The summed E-state index contributed by atoms with van der Waals surface area (Å²) in [6.45, 7) is 57.1. The fourth-order valence-electron chi connectivity index (χ4n) is 11.8. The lowest BCUT2D eigenvalue weighted by molar-refractivity contribution is -0.127. The average molecular weight is 1180 g/mol. The molecule has 0 radical (unpaired) electrons. The van der Waals surface area contributed by atoms with E-state index in [1.807, 2.05) is 104 Å². The van der Waals surface area contributed by atoms with Crippen LogP contribution in [0.1, 0.15) is 193 Å². The number of ether oxygens (including phenoxy) is 4. The van der Waals surface area contributed by atoms with Crippen LogP contribution in [0.15, 0.2) is 103 Å². The second-order valence-electron chi connectivity index (χ2n) is 23.0. The van der Waals surface area contributed by atoms with Gasteiger partial charge in [0.2, 0.25) is 5.91 Å². The third-order valence-corrected chi connectivity index (χ3v) is 16.4. The van der Waals surface area contributed by atoms with Crippen molar-refractivity contribution in [1.82, 2.24) is 14.7 Å². The molecule has 4 fully saturated rings. The molecule has 7 aliphatic heterocycles. The number of amides is 1. The molecule has 4 aromatic rings. The Kier molecular flexibility index (Phi) is 38.7. The van der Waals surface area contributed by atoms with Gasteiger partial charge in [-0.05, 0) is 148 Å². The molecule has 0 N–H and O–H groups in total. The van der Waals surface area contributed by atoms with Gasteiger partial charge in [0.25, 0.3) is 0 Å². The number of benzene rings is 4. The molecule has 7 heterocycles. The van der Waals surface area contributed by atoms with Gasteiger partial charge in [-0.1, -0.05) is 142 Å². The van der Waals surface area contributed by atoms with E-state index in [4.69, 9.17) is 18.9 Å². The Hall–Kier alpha value is -4.65. The number of nitrogens with zero attached hydrogens (tertiary/aromatic N) is 6. The van der Waals surface area contributed by atoms with Gasteiger partial charge in [-0.15, -0.1) is 0 Å². The molecule has 7 aliphatic rings. The van der Waals surface area contributed by atoms with E-state index >= 15 is 0 Å². The van der Waals surface area contributed by atoms with Gasteiger partial charge in [-0.25, -0.2) is 0 Å². The van der Waals surface area contributed by atoms with Gasteiger partial charge >= 0.3 is 0 Å². The standard InChI is InChI=1S/C17H24N2O.C15H21NO.C14H21NO2.C11H15N.C7H15NO.5C2H6/c1-13(2)19-12-14(15-6-3-4-7-16(15)19)9-11-18-10-5-8-17(18)20;1-12(2)16-11-15(7-9-17-10-8-15)13-5-3-4-6-14(13)16;1-12(2)15-8-9-16-14(10-15)11-17-13-6-4-3-5-7-13;1-9(2)12-8-7-10-5-3-4-6-11(10)12;1-7(2)8-3-5-9-6-4-8;5*1-2/h3-4,6-7,13-14H,5,8-12H2,1-2H3;3-6,12H,7-11H2,1-2H3;3-7,12,14H,8-11H2,1-2H3;3-6,9H,7-8H2,1-2H3;7H,3-6H2,1-2H3;5*1-2H3.